The highest BCUT2D eigenvalue weighted by Gasteiger charge is 2.22. The Morgan fingerprint density at radius 1 is 1.29 bits per heavy atom. The van der Waals surface area contributed by atoms with E-state index < -0.39 is 0 Å². The fourth-order valence-electron chi connectivity index (χ4n) is 2.09. The van der Waals surface area contributed by atoms with Crippen LogP contribution in [0.2, 0.25) is 0 Å². The third-order valence-electron chi connectivity index (χ3n) is 3.77. The van der Waals surface area contributed by atoms with Gasteiger partial charge in [0.1, 0.15) is 0 Å². The second kappa shape index (κ2) is 6.67. The van der Waals surface area contributed by atoms with Crippen molar-refractivity contribution in [2.75, 3.05) is 0 Å². The van der Waals surface area contributed by atoms with E-state index >= 15 is 0 Å². The maximum absolute atomic E-state index is 11.7. The summed E-state index contributed by atoms with van der Waals surface area (Å²) >= 11 is 0. The van der Waals surface area contributed by atoms with Gasteiger partial charge in [-0.2, -0.15) is 0 Å². The van der Waals surface area contributed by atoms with Crippen molar-refractivity contribution in [3.05, 3.63) is 11.8 Å². The second-order valence-corrected chi connectivity index (χ2v) is 5.53. The van der Waals surface area contributed by atoms with Crippen LogP contribution < -0.4 is 10.6 Å². The zero-order chi connectivity index (χ0) is 12.8. The number of carbonyl (C=O) groups is 1. The Morgan fingerprint density at radius 3 is 2.53 bits per heavy atom. The summed E-state index contributed by atoms with van der Waals surface area (Å²) in [5, 5.41) is 5.89. The molecule has 1 aliphatic rings. The van der Waals surface area contributed by atoms with Gasteiger partial charge in [-0.25, -0.2) is 4.79 Å². The largest absolute Gasteiger partial charge is 0.335 e. The van der Waals surface area contributed by atoms with Crippen LogP contribution in [0.1, 0.15) is 53.4 Å². The van der Waals surface area contributed by atoms with E-state index in [0.29, 0.717) is 17.9 Å². The molecule has 0 heterocycles. The van der Waals surface area contributed by atoms with Crippen LogP contribution in [0, 0.1) is 11.8 Å². The highest BCUT2D eigenvalue weighted by molar-refractivity contribution is 5.75. The van der Waals surface area contributed by atoms with Gasteiger partial charge < -0.3 is 10.6 Å². The minimum absolute atomic E-state index is 0.0660. The molecule has 0 saturated heterocycles. The molecule has 1 saturated carbocycles. The van der Waals surface area contributed by atoms with Crippen molar-refractivity contribution in [1.29, 1.82) is 0 Å². The Bertz CT molecular complexity index is 284. The standard InChI is InChI=1S/C14H26N2O/c1-10(2)12(4)9-15-14(17)16-13-8-6-5-7-11(13)3/h9-11,13H,5-8H2,1-4H3,(H2,15,16,17)/b12-9+. The monoisotopic (exact) mass is 238 g/mol. The Hall–Kier alpha value is -0.990. The lowest BCUT2D eigenvalue weighted by Gasteiger charge is -2.29. The zero-order valence-electron chi connectivity index (χ0n) is 11.5. The number of allylic oxidation sites excluding steroid dienone is 1. The number of amides is 2. The summed E-state index contributed by atoms with van der Waals surface area (Å²) in [6.07, 6.45) is 6.68. The van der Waals surface area contributed by atoms with E-state index in [4.69, 9.17) is 0 Å². The summed E-state index contributed by atoms with van der Waals surface area (Å²) in [4.78, 5) is 11.7. The summed E-state index contributed by atoms with van der Waals surface area (Å²) in [6, 6.07) is 0.278. The predicted octanol–water partition coefficient (Wildman–Crippen LogP) is 3.42. The fourth-order valence-corrected chi connectivity index (χ4v) is 2.09. The molecule has 0 aromatic heterocycles. The van der Waals surface area contributed by atoms with Crippen molar-refractivity contribution in [2.45, 2.75) is 59.4 Å². The van der Waals surface area contributed by atoms with Crippen LogP contribution in [0.3, 0.4) is 0 Å². The van der Waals surface area contributed by atoms with Crippen LogP contribution in [0.15, 0.2) is 11.8 Å². The first-order chi connectivity index (χ1) is 8.00. The lowest BCUT2D eigenvalue weighted by Crippen LogP contribution is -2.44. The van der Waals surface area contributed by atoms with Crippen molar-refractivity contribution in [1.82, 2.24) is 10.6 Å². The minimum atomic E-state index is -0.0660. The molecule has 98 valence electrons. The molecule has 2 atom stereocenters. The summed E-state index contributed by atoms with van der Waals surface area (Å²) < 4.78 is 0. The quantitative estimate of drug-likeness (QED) is 0.777. The molecule has 0 bridgehead atoms. The summed E-state index contributed by atoms with van der Waals surface area (Å²) in [6.45, 7) is 8.50. The second-order valence-electron chi connectivity index (χ2n) is 5.53. The maximum atomic E-state index is 11.7. The normalized spacial score (nSPS) is 25.8. The molecule has 3 nitrogen and oxygen atoms in total. The number of hydrogen-bond donors (Lipinski definition) is 2. The maximum Gasteiger partial charge on any atom is 0.318 e. The van der Waals surface area contributed by atoms with Crippen LogP contribution >= 0.6 is 0 Å². The van der Waals surface area contributed by atoms with Gasteiger partial charge in [0.25, 0.3) is 0 Å². The van der Waals surface area contributed by atoms with E-state index in [9.17, 15) is 4.79 Å². The molecule has 0 aromatic rings. The Labute approximate surface area is 105 Å². The number of carbonyl (C=O) groups excluding carboxylic acids is 1. The smallest absolute Gasteiger partial charge is 0.318 e. The van der Waals surface area contributed by atoms with Gasteiger partial charge in [0.05, 0.1) is 0 Å². The lowest BCUT2D eigenvalue weighted by molar-refractivity contribution is 0.224. The lowest BCUT2D eigenvalue weighted by atomic mass is 9.86. The molecule has 17 heavy (non-hydrogen) atoms. The molecule has 2 unspecified atom stereocenters. The SMILES string of the molecule is C/C(=C\NC(=O)NC1CCCCC1C)C(C)C. The molecule has 0 aromatic carbocycles. The van der Waals surface area contributed by atoms with Gasteiger partial charge in [0, 0.05) is 12.2 Å². The molecule has 1 fully saturated rings. The molecule has 2 amide bonds. The van der Waals surface area contributed by atoms with Gasteiger partial charge in [-0.3, -0.25) is 0 Å². The highest BCUT2D eigenvalue weighted by Crippen LogP contribution is 2.23. The Balaban J connectivity index is 2.36. The zero-order valence-corrected chi connectivity index (χ0v) is 11.5. The summed E-state index contributed by atoms with van der Waals surface area (Å²) in [5.74, 6) is 1.08. The molecule has 0 aliphatic heterocycles. The van der Waals surface area contributed by atoms with Crippen molar-refractivity contribution in [3.8, 4) is 0 Å². The van der Waals surface area contributed by atoms with Crippen LogP contribution in [-0.4, -0.2) is 12.1 Å². The molecule has 1 rings (SSSR count). The average molecular weight is 238 g/mol. The van der Waals surface area contributed by atoms with Gasteiger partial charge >= 0.3 is 6.03 Å². The third kappa shape index (κ3) is 4.80. The van der Waals surface area contributed by atoms with E-state index in [1.54, 1.807) is 0 Å². The van der Waals surface area contributed by atoms with E-state index in [1.165, 1.54) is 24.8 Å². The fraction of sp³-hybridized carbons (Fsp3) is 0.786. The summed E-state index contributed by atoms with van der Waals surface area (Å²) in [5.41, 5.74) is 1.19. The van der Waals surface area contributed by atoms with Crippen molar-refractivity contribution < 1.29 is 4.79 Å². The number of urea groups is 1. The van der Waals surface area contributed by atoms with E-state index in [-0.39, 0.29) is 6.03 Å². The minimum Gasteiger partial charge on any atom is -0.335 e. The van der Waals surface area contributed by atoms with Crippen molar-refractivity contribution in [2.24, 2.45) is 11.8 Å². The number of rotatable bonds is 3. The van der Waals surface area contributed by atoms with Gasteiger partial charge in [0.15, 0.2) is 0 Å². The first kappa shape index (κ1) is 14.1. The van der Waals surface area contributed by atoms with Gasteiger partial charge in [-0.15, -0.1) is 0 Å². The first-order valence-electron chi connectivity index (χ1n) is 6.74. The average Bonchev–Trinajstić information content (AvgIpc) is 2.29. The molecule has 0 spiro atoms. The topological polar surface area (TPSA) is 41.1 Å². The van der Waals surface area contributed by atoms with E-state index in [0.717, 1.165) is 6.42 Å². The first-order valence-corrected chi connectivity index (χ1v) is 6.74. The Kier molecular flexibility index (Phi) is 5.52. The molecular formula is C14H26N2O. The Morgan fingerprint density at radius 2 is 1.94 bits per heavy atom. The predicted molar refractivity (Wildman–Crippen MR) is 71.7 cm³/mol. The van der Waals surface area contributed by atoms with Gasteiger partial charge in [0.2, 0.25) is 0 Å². The van der Waals surface area contributed by atoms with Crippen LogP contribution in [0.5, 0.6) is 0 Å². The van der Waals surface area contributed by atoms with Crippen LogP contribution in [-0.2, 0) is 0 Å². The molecule has 0 radical (unpaired) electrons. The highest BCUT2D eigenvalue weighted by atomic mass is 16.2. The van der Waals surface area contributed by atoms with Gasteiger partial charge in [-0.1, -0.05) is 39.2 Å². The van der Waals surface area contributed by atoms with Crippen LogP contribution in [0.25, 0.3) is 0 Å². The molecule has 1 aliphatic carbocycles. The van der Waals surface area contributed by atoms with Crippen molar-refractivity contribution >= 4 is 6.03 Å². The molecular weight excluding hydrogens is 212 g/mol. The molecule has 3 heteroatoms. The van der Waals surface area contributed by atoms with Gasteiger partial charge in [-0.05, 0) is 31.6 Å². The van der Waals surface area contributed by atoms with Crippen LogP contribution in [0.4, 0.5) is 4.79 Å². The summed E-state index contributed by atoms with van der Waals surface area (Å²) in [7, 11) is 0. The molecule has 2 N–H and O–H groups in total. The number of hydrogen-bond acceptors (Lipinski definition) is 1. The van der Waals surface area contributed by atoms with E-state index in [1.807, 2.05) is 13.1 Å². The van der Waals surface area contributed by atoms with E-state index in [2.05, 4.69) is 31.4 Å². The van der Waals surface area contributed by atoms with Crippen molar-refractivity contribution in [3.63, 3.8) is 0 Å². The third-order valence-corrected chi connectivity index (χ3v) is 3.77. The number of nitrogens with one attached hydrogen (secondary N) is 2.